The van der Waals surface area contributed by atoms with Gasteiger partial charge in [0.25, 0.3) is 0 Å². The number of hydrogen-bond donors (Lipinski definition) is 3. The van der Waals surface area contributed by atoms with Gasteiger partial charge >= 0.3 is 0 Å². The molecular weight excluding hydrogens is 684 g/mol. The van der Waals surface area contributed by atoms with Gasteiger partial charge in [-0.05, 0) is 78.5 Å². The van der Waals surface area contributed by atoms with Crippen molar-refractivity contribution in [3.8, 4) is 0 Å². The Balaban J connectivity index is 1.77. The number of aromatic nitrogens is 2. The molecule has 3 rings (SSSR count). The minimum absolute atomic E-state index is 0.0343. The number of benzene rings is 2. The fraction of sp³-hybridized carbons (Fsp3) is 0.429. The van der Waals surface area contributed by atoms with Crippen LogP contribution in [0.5, 0.6) is 0 Å². The Morgan fingerprint density at radius 3 is 1.88 bits per heavy atom. The first-order valence-electron chi connectivity index (χ1n) is 17.9. The number of nitrogens with one attached hydrogen (secondary N) is 3. The third-order valence-corrected chi connectivity index (χ3v) is 13.0. The van der Waals surface area contributed by atoms with Crippen molar-refractivity contribution >= 4 is 37.1 Å². The van der Waals surface area contributed by atoms with Crippen molar-refractivity contribution in [1.82, 2.24) is 30.8 Å². The molecule has 3 aromatic rings. The molecular formula is C42H61N6PS2. The quantitative estimate of drug-likeness (QED) is 0.0655. The van der Waals surface area contributed by atoms with Crippen LogP contribution in [0.1, 0.15) is 70.7 Å². The van der Waals surface area contributed by atoms with Gasteiger partial charge in [0, 0.05) is 51.6 Å². The maximum Gasteiger partial charge on any atom is 0.104 e. The second-order valence-electron chi connectivity index (χ2n) is 14.0. The summed E-state index contributed by atoms with van der Waals surface area (Å²) in [6, 6.07) is 18.3. The van der Waals surface area contributed by atoms with Crippen LogP contribution in [-0.4, -0.2) is 58.8 Å². The maximum absolute atomic E-state index is 4.68. The molecule has 2 unspecified atom stereocenters. The molecule has 3 N–H and O–H groups in total. The maximum atomic E-state index is 4.68. The Kier molecular flexibility index (Phi) is 17.7. The first-order valence-corrected chi connectivity index (χ1v) is 22.1. The molecule has 0 bridgehead atoms. The molecule has 9 heteroatoms. The summed E-state index contributed by atoms with van der Waals surface area (Å²) in [5.74, 6) is 0.347. The highest BCUT2D eigenvalue weighted by molar-refractivity contribution is 7.98. The van der Waals surface area contributed by atoms with Crippen molar-refractivity contribution in [2.75, 3.05) is 32.1 Å². The summed E-state index contributed by atoms with van der Waals surface area (Å²) in [5.41, 5.74) is 7.07. The summed E-state index contributed by atoms with van der Waals surface area (Å²) in [4.78, 5) is 13.5. The van der Waals surface area contributed by atoms with E-state index < -0.39 is 7.92 Å². The first kappa shape index (κ1) is 42.2. The van der Waals surface area contributed by atoms with E-state index in [1.54, 1.807) is 42.1 Å². The number of nitrogens with zero attached hydrogens (tertiary/aromatic N) is 3. The Morgan fingerprint density at radius 2 is 1.41 bits per heavy atom. The van der Waals surface area contributed by atoms with Gasteiger partial charge in [-0.2, -0.15) is 0 Å². The Labute approximate surface area is 319 Å². The van der Waals surface area contributed by atoms with Crippen LogP contribution in [0.3, 0.4) is 0 Å². The highest BCUT2D eigenvalue weighted by Gasteiger charge is 2.31. The standard InChI is InChI=1S/C42H61N6PS2/c1-12-14-40(49(29-35-15-19-37(50-10)20-16-35)30-36-17-21-38(51-11)22-18-36)46-32(4)28-48(25-13-2)34(6)41(42(7,8)9)47-31(3)26-45-33(5)39-27-43-23-24-44-39/h15-24,27,40-41,45-47H,3-6,12-14,25-26,28-30H2,1-2,7-11H3. The van der Waals surface area contributed by atoms with E-state index in [9.17, 15) is 0 Å². The van der Waals surface area contributed by atoms with Crippen LogP contribution in [0.2, 0.25) is 0 Å². The summed E-state index contributed by atoms with van der Waals surface area (Å²) >= 11 is 3.59. The van der Waals surface area contributed by atoms with Gasteiger partial charge in [0.05, 0.1) is 31.0 Å². The molecule has 0 spiro atoms. The largest absolute Gasteiger partial charge is 0.381 e. The predicted molar refractivity (Wildman–Crippen MR) is 227 cm³/mol. The molecule has 0 fully saturated rings. The summed E-state index contributed by atoms with van der Waals surface area (Å²) in [7, 11) is -0.433. The monoisotopic (exact) mass is 744 g/mol. The Bertz CT molecular complexity index is 1490. The average molecular weight is 745 g/mol. The van der Waals surface area contributed by atoms with Crippen molar-refractivity contribution in [2.24, 2.45) is 5.41 Å². The van der Waals surface area contributed by atoms with Crippen LogP contribution in [-0.2, 0) is 12.3 Å². The van der Waals surface area contributed by atoms with Gasteiger partial charge in [-0.25, -0.2) is 0 Å². The second-order valence-corrected chi connectivity index (χ2v) is 18.2. The van der Waals surface area contributed by atoms with Crippen LogP contribution >= 0.6 is 31.4 Å². The summed E-state index contributed by atoms with van der Waals surface area (Å²) in [6.07, 6.45) is 14.7. The highest BCUT2D eigenvalue weighted by atomic mass is 32.2. The van der Waals surface area contributed by atoms with E-state index in [-0.39, 0.29) is 11.5 Å². The molecule has 276 valence electrons. The lowest BCUT2D eigenvalue weighted by molar-refractivity contribution is 0.244. The molecule has 0 aliphatic carbocycles. The fourth-order valence-corrected chi connectivity index (χ4v) is 9.65. The van der Waals surface area contributed by atoms with Gasteiger partial charge in [0.15, 0.2) is 0 Å². The second kappa shape index (κ2) is 21.4. The number of thioether (sulfide) groups is 2. The van der Waals surface area contributed by atoms with Gasteiger partial charge in [-0.1, -0.05) is 99.5 Å². The van der Waals surface area contributed by atoms with Crippen LogP contribution in [0.25, 0.3) is 5.70 Å². The zero-order chi connectivity index (χ0) is 37.4. The molecule has 1 aromatic heterocycles. The lowest BCUT2D eigenvalue weighted by Crippen LogP contribution is -2.48. The molecule has 0 aliphatic heterocycles. The first-order chi connectivity index (χ1) is 24.4. The summed E-state index contributed by atoms with van der Waals surface area (Å²) in [6.45, 7) is 31.1. The van der Waals surface area contributed by atoms with E-state index in [0.717, 1.165) is 55.2 Å². The zero-order valence-electron chi connectivity index (χ0n) is 32.1. The minimum atomic E-state index is -0.433. The zero-order valence-corrected chi connectivity index (χ0v) is 34.6. The highest BCUT2D eigenvalue weighted by Crippen LogP contribution is 2.49. The number of rotatable bonds is 23. The Morgan fingerprint density at radius 1 is 0.824 bits per heavy atom. The van der Waals surface area contributed by atoms with Crippen LogP contribution in [0.15, 0.2) is 120 Å². The third-order valence-electron chi connectivity index (χ3n) is 8.68. The lowest BCUT2D eigenvalue weighted by atomic mass is 9.84. The smallest absolute Gasteiger partial charge is 0.104 e. The molecule has 0 aliphatic rings. The van der Waals surface area contributed by atoms with Crippen LogP contribution in [0, 0.1) is 5.41 Å². The third kappa shape index (κ3) is 14.0. The van der Waals surface area contributed by atoms with E-state index >= 15 is 0 Å². The molecule has 6 nitrogen and oxygen atoms in total. The molecule has 2 aromatic carbocycles. The Hall–Kier alpha value is -3.19. The van der Waals surface area contributed by atoms with E-state index in [2.05, 4.69) is 153 Å². The van der Waals surface area contributed by atoms with Crippen LogP contribution < -0.4 is 16.0 Å². The van der Waals surface area contributed by atoms with Gasteiger partial charge in [0.2, 0.25) is 0 Å². The topological polar surface area (TPSA) is 65.1 Å². The van der Waals surface area contributed by atoms with Crippen LogP contribution in [0.4, 0.5) is 0 Å². The summed E-state index contributed by atoms with van der Waals surface area (Å²) in [5, 5.41) is 11.0. The van der Waals surface area contributed by atoms with E-state index in [0.29, 0.717) is 30.3 Å². The van der Waals surface area contributed by atoms with Crippen molar-refractivity contribution in [3.63, 3.8) is 0 Å². The van der Waals surface area contributed by atoms with Gasteiger partial charge in [-0.3, -0.25) is 9.97 Å². The molecule has 2 atom stereocenters. The molecule has 0 saturated heterocycles. The normalized spacial score (nSPS) is 12.5. The molecule has 0 radical (unpaired) electrons. The van der Waals surface area contributed by atoms with Crippen molar-refractivity contribution in [3.05, 3.63) is 127 Å². The van der Waals surface area contributed by atoms with E-state index in [1.165, 1.54) is 20.9 Å². The fourth-order valence-electron chi connectivity index (χ4n) is 5.93. The van der Waals surface area contributed by atoms with Crippen molar-refractivity contribution in [2.45, 2.75) is 87.8 Å². The van der Waals surface area contributed by atoms with Gasteiger partial charge in [-0.15, -0.1) is 23.5 Å². The van der Waals surface area contributed by atoms with E-state index in [4.69, 9.17) is 0 Å². The average Bonchev–Trinajstić information content (AvgIpc) is 3.12. The van der Waals surface area contributed by atoms with Crippen molar-refractivity contribution < 1.29 is 0 Å². The molecule has 51 heavy (non-hydrogen) atoms. The van der Waals surface area contributed by atoms with Crippen molar-refractivity contribution in [1.29, 1.82) is 0 Å². The molecule has 0 saturated carbocycles. The van der Waals surface area contributed by atoms with Gasteiger partial charge < -0.3 is 20.9 Å². The SMILES string of the molecule is C=C(CN(CCC)C(=C)C(NC(=C)CNC(=C)c1cnccn1)C(C)(C)C)NC(CCC)P(Cc1ccc(SC)cc1)Cc1ccc(SC)cc1. The molecule has 1 heterocycles. The predicted octanol–water partition coefficient (Wildman–Crippen LogP) is 10.3. The lowest BCUT2D eigenvalue weighted by Gasteiger charge is -2.40. The summed E-state index contributed by atoms with van der Waals surface area (Å²) < 4.78 is 0. The number of hydrogen-bond acceptors (Lipinski definition) is 8. The molecule has 0 amide bonds. The van der Waals surface area contributed by atoms with Gasteiger partial charge in [0.1, 0.15) is 5.69 Å². The van der Waals surface area contributed by atoms with E-state index in [1.807, 2.05) is 0 Å². The minimum Gasteiger partial charge on any atom is -0.381 e.